The van der Waals surface area contributed by atoms with Crippen molar-refractivity contribution in [2.45, 2.75) is 31.1 Å². The van der Waals surface area contributed by atoms with E-state index in [1.54, 1.807) is 0 Å². The maximum Gasteiger partial charge on any atom is 0.243 e. The van der Waals surface area contributed by atoms with Crippen molar-refractivity contribution in [2.75, 3.05) is 6.54 Å². The van der Waals surface area contributed by atoms with E-state index >= 15 is 0 Å². The van der Waals surface area contributed by atoms with Crippen LogP contribution in [0, 0.1) is 0 Å². The van der Waals surface area contributed by atoms with E-state index in [0.29, 0.717) is 6.42 Å². The van der Waals surface area contributed by atoms with Crippen LogP contribution < -0.4 is 5.73 Å². The van der Waals surface area contributed by atoms with E-state index in [2.05, 4.69) is 0 Å². The summed E-state index contributed by atoms with van der Waals surface area (Å²) in [5, 5.41) is 19.3. The molecule has 20 heavy (non-hydrogen) atoms. The van der Waals surface area contributed by atoms with Crippen LogP contribution in [0.15, 0.2) is 30.3 Å². The van der Waals surface area contributed by atoms with Crippen LogP contribution >= 0.6 is 0 Å². The second-order valence-corrected chi connectivity index (χ2v) is 4.94. The van der Waals surface area contributed by atoms with E-state index in [1.807, 2.05) is 30.3 Å². The minimum absolute atomic E-state index is 0.0671. The number of carbonyl (C=O) groups excluding carboxylic acids is 2. The Balaban J connectivity index is 1.99. The lowest BCUT2D eigenvalue weighted by molar-refractivity contribution is -0.139. The fraction of sp³-hybridized carbons (Fsp3) is 0.429. The number of carbonyl (C=O) groups is 2. The number of hydrogen-bond acceptors (Lipinski definition) is 4. The molecule has 1 aliphatic heterocycles. The molecule has 1 aromatic rings. The molecule has 0 saturated carbocycles. The third kappa shape index (κ3) is 2.97. The van der Waals surface area contributed by atoms with Crippen molar-refractivity contribution >= 4 is 11.8 Å². The second kappa shape index (κ2) is 6.02. The highest BCUT2D eigenvalue weighted by molar-refractivity contribution is 5.88. The number of aliphatic hydroxyl groups is 2. The Morgan fingerprint density at radius 2 is 1.90 bits per heavy atom. The zero-order valence-corrected chi connectivity index (χ0v) is 11.0. The molecule has 1 heterocycles. The Morgan fingerprint density at radius 3 is 2.50 bits per heavy atom. The lowest BCUT2D eigenvalue weighted by Crippen LogP contribution is -2.48. The fourth-order valence-electron chi connectivity index (χ4n) is 2.44. The fourth-order valence-corrected chi connectivity index (χ4v) is 2.44. The van der Waals surface area contributed by atoms with Crippen molar-refractivity contribution in [3.8, 4) is 0 Å². The predicted octanol–water partition coefficient (Wildman–Crippen LogP) is -0.963. The minimum Gasteiger partial charge on any atom is -0.388 e. The quantitative estimate of drug-likeness (QED) is 0.659. The monoisotopic (exact) mass is 278 g/mol. The summed E-state index contributed by atoms with van der Waals surface area (Å²) >= 11 is 0. The summed E-state index contributed by atoms with van der Waals surface area (Å²) in [4.78, 5) is 24.6. The predicted molar refractivity (Wildman–Crippen MR) is 71.5 cm³/mol. The maximum absolute atomic E-state index is 12.1. The first-order valence-corrected chi connectivity index (χ1v) is 6.49. The van der Waals surface area contributed by atoms with Gasteiger partial charge in [-0.25, -0.2) is 0 Å². The smallest absolute Gasteiger partial charge is 0.243 e. The molecular formula is C14H18N2O4. The van der Waals surface area contributed by atoms with Gasteiger partial charge in [0.25, 0.3) is 0 Å². The van der Waals surface area contributed by atoms with Crippen molar-refractivity contribution in [1.82, 2.24) is 4.90 Å². The Kier molecular flexibility index (Phi) is 4.36. The number of hydrogen-bond donors (Lipinski definition) is 3. The number of aryl methyl sites for hydroxylation is 1. The first kappa shape index (κ1) is 14.5. The molecule has 0 aromatic heterocycles. The molecule has 1 aliphatic rings. The third-order valence-electron chi connectivity index (χ3n) is 3.52. The molecule has 2 amide bonds. The number of nitrogens with zero attached hydrogens (tertiary/aromatic N) is 1. The first-order chi connectivity index (χ1) is 9.50. The number of amides is 2. The van der Waals surface area contributed by atoms with E-state index < -0.39 is 24.2 Å². The molecule has 3 atom stereocenters. The van der Waals surface area contributed by atoms with Crippen LogP contribution in [-0.4, -0.2) is 51.7 Å². The van der Waals surface area contributed by atoms with Gasteiger partial charge in [0.1, 0.15) is 12.1 Å². The van der Waals surface area contributed by atoms with Crippen LogP contribution in [0.5, 0.6) is 0 Å². The molecular weight excluding hydrogens is 260 g/mol. The highest BCUT2D eigenvalue weighted by Gasteiger charge is 2.45. The summed E-state index contributed by atoms with van der Waals surface area (Å²) < 4.78 is 0. The topological polar surface area (TPSA) is 104 Å². The van der Waals surface area contributed by atoms with Crippen molar-refractivity contribution in [3.63, 3.8) is 0 Å². The molecule has 0 radical (unpaired) electrons. The molecule has 0 bridgehead atoms. The summed E-state index contributed by atoms with van der Waals surface area (Å²) in [6.07, 6.45) is -1.71. The van der Waals surface area contributed by atoms with Crippen LogP contribution in [0.2, 0.25) is 0 Å². The summed E-state index contributed by atoms with van der Waals surface area (Å²) in [5.74, 6) is -1.10. The molecule has 6 nitrogen and oxygen atoms in total. The van der Waals surface area contributed by atoms with Crippen molar-refractivity contribution in [1.29, 1.82) is 0 Å². The van der Waals surface area contributed by atoms with E-state index in [0.717, 1.165) is 5.56 Å². The molecule has 0 spiro atoms. The normalized spacial score (nSPS) is 25.7. The number of primary amides is 1. The molecule has 1 unspecified atom stereocenters. The van der Waals surface area contributed by atoms with Gasteiger partial charge >= 0.3 is 0 Å². The van der Waals surface area contributed by atoms with Gasteiger partial charge in [0, 0.05) is 6.42 Å². The number of β-amino-alcohol motifs (C(OH)–C–C–N with tert-alkyl or cyclic N) is 1. The number of benzene rings is 1. The lowest BCUT2D eigenvalue weighted by Gasteiger charge is -2.23. The average Bonchev–Trinajstić information content (AvgIpc) is 2.73. The number of nitrogens with two attached hydrogens (primary N) is 1. The van der Waals surface area contributed by atoms with Gasteiger partial charge in [0.2, 0.25) is 11.8 Å². The Bertz CT molecular complexity index is 491. The summed E-state index contributed by atoms with van der Waals surface area (Å²) in [7, 11) is 0. The van der Waals surface area contributed by atoms with E-state index in [9.17, 15) is 19.8 Å². The number of aliphatic hydroxyl groups excluding tert-OH is 2. The van der Waals surface area contributed by atoms with Gasteiger partial charge in [0.05, 0.1) is 12.6 Å². The van der Waals surface area contributed by atoms with Crippen molar-refractivity contribution in [3.05, 3.63) is 35.9 Å². The third-order valence-corrected chi connectivity index (χ3v) is 3.52. The minimum atomic E-state index is -1.31. The van der Waals surface area contributed by atoms with Gasteiger partial charge in [-0.05, 0) is 12.0 Å². The van der Waals surface area contributed by atoms with Crippen molar-refractivity contribution < 1.29 is 19.8 Å². The van der Waals surface area contributed by atoms with Crippen molar-refractivity contribution in [2.24, 2.45) is 5.73 Å². The van der Waals surface area contributed by atoms with Crippen LogP contribution in [0.4, 0.5) is 0 Å². The first-order valence-electron chi connectivity index (χ1n) is 6.49. The van der Waals surface area contributed by atoms with Gasteiger partial charge in [-0.15, -0.1) is 0 Å². The van der Waals surface area contributed by atoms with Gasteiger partial charge in [-0.3, -0.25) is 9.59 Å². The zero-order valence-electron chi connectivity index (χ0n) is 11.0. The van der Waals surface area contributed by atoms with E-state index in [-0.39, 0.29) is 18.9 Å². The molecule has 6 heteroatoms. The van der Waals surface area contributed by atoms with Gasteiger partial charge in [0.15, 0.2) is 0 Å². The van der Waals surface area contributed by atoms with Crippen LogP contribution in [0.25, 0.3) is 0 Å². The molecule has 4 N–H and O–H groups in total. The standard InChI is InChI=1S/C14H18N2O4/c15-14(20)12-13(19)10(17)8-16(12)11(18)7-6-9-4-2-1-3-5-9/h1-5,10,12-13,17,19H,6-8H2,(H2,15,20)/t10-,12?,13-/m1/s1. The summed E-state index contributed by atoms with van der Waals surface area (Å²) in [6, 6.07) is 8.33. The molecule has 1 saturated heterocycles. The summed E-state index contributed by atoms with van der Waals surface area (Å²) in [6.45, 7) is -0.0671. The molecule has 0 aliphatic carbocycles. The van der Waals surface area contributed by atoms with E-state index in [4.69, 9.17) is 5.73 Å². The average molecular weight is 278 g/mol. The zero-order chi connectivity index (χ0) is 14.7. The highest BCUT2D eigenvalue weighted by atomic mass is 16.3. The number of likely N-dealkylation sites (tertiary alicyclic amines) is 1. The summed E-state index contributed by atoms with van der Waals surface area (Å²) in [5.41, 5.74) is 6.19. The Morgan fingerprint density at radius 1 is 1.25 bits per heavy atom. The largest absolute Gasteiger partial charge is 0.388 e. The Labute approximate surface area is 116 Å². The van der Waals surface area contributed by atoms with Gasteiger partial charge in [-0.1, -0.05) is 30.3 Å². The van der Waals surface area contributed by atoms with Gasteiger partial charge in [-0.2, -0.15) is 0 Å². The van der Waals surface area contributed by atoms with Crippen LogP contribution in [0.1, 0.15) is 12.0 Å². The van der Waals surface area contributed by atoms with E-state index in [1.165, 1.54) is 4.90 Å². The van der Waals surface area contributed by atoms with Crippen LogP contribution in [0.3, 0.4) is 0 Å². The molecule has 2 rings (SSSR count). The lowest BCUT2D eigenvalue weighted by atomic mass is 10.1. The van der Waals surface area contributed by atoms with Crippen LogP contribution in [-0.2, 0) is 16.0 Å². The second-order valence-electron chi connectivity index (χ2n) is 4.94. The molecule has 1 aromatic carbocycles. The molecule has 1 fully saturated rings. The Hall–Kier alpha value is -1.92. The number of rotatable bonds is 4. The molecule has 108 valence electrons. The maximum atomic E-state index is 12.1. The van der Waals surface area contributed by atoms with Gasteiger partial charge < -0.3 is 20.8 Å². The highest BCUT2D eigenvalue weighted by Crippen LogP contribution is 2.20. The SMILES string of the molecule is NC(=O)C1[C@H](O)[C@H](O)CN1C(=O)CCc1ccccc1.